The molecule has 2 saturated heterocycles. The van der Waals surface area contributed by atoms with Gasteiger partial charge in [-0.25, -0.2) is 4.39 Å². The maximum absolute atomic E-state index is 13.0. The lowest BCUT2D eigenvalue weighted by Gasteiger charge is -2.38. The zero-order valence-electron chi connectivity index (χ0n) is 15.4. The SMILES string of the molecule is CNC1CCCN(C(=O)C2CCCN(C(=O)Cc3ccc(F)cc3)C2)C1. The molecule has 5 nitrogen and oxygen atoms in total. The average Bonchev–Trinajstić information content (AvgIpc) is 2.69. The van der Waals surface area contributed by atoms with Crippen molar-refractivity contribution >= 4 is 11.8 Å². The van der Waals surface area contributed by atoms with Crippen LogP contribution >= 0.6 is 0 Å². The number of benzene rings is 1. The predicted molar refractivity (Wildman–Crippen MR) is 98.1 cm³/mol. The fourth-order valence-corrected chi connectivity index (χ4v) is 3.97. The summed E-state index contributed by atoms with van der Waals surface area (Å²) in [4.78, 5) is 29.3. The highest BCUT2D eigenvalue weighted by Crippen LogP contribution is 2.22. The number of hydrogen-bond acceptors (Lipinski definition) is 3. The summed E-state index contributed by atoms with van der Waals surface area (Å²) in [7, 11) is 1.94. The Bertz CT molecular complexity index is 634. The van der Waals surface area contributed by atoms with E-state index < -0.39 is 0 Å². The first kappa shape index (κ1) is 18.8. The van der Waals surface area contributed by atoms with Crippen LogP contribution in [0.1, 0.15) is 31.2 Å². The van der Waals surface area contributed by atoms with Crippen LogP contribution in [0.4, 0.5) is 4.39 Å². The minimum atomic E-state index is -0.300. The number of amides is 2. The molecule has 2 fully saturated rings. The van der Waals surface area contributed by atoms with Gasteiger partial charge in [-0.2, -0.15) is 0 Å². The molecule has 26 heavy (non-hydrogen) atoms. The molecule has 2 aliphatic heterocycles. The van der Waals surface area contributed by atoms with Gasteiger partial charge >= 0.3 is 0 Å². The summed E-state index contributed by atoms with van der Waals surface area (Å²) in [5.74, 6) is -0.201. The first-order valence-corrected chi connectivity index (χ1v) is 9.55. The van der Waals surface area contributed by atoms with Gasteiger partial charge < -0.3 is 15.1 Å². The van der Waals surface area contributed by atoms with E-state index in [0.717, 1.165) is 44.3 Å². The molecule has 1 aromatic carbocycles. The molecule has 2 unspecified atom stereocenters. The Morgan fingerprint density at radius 2 is 1.77 bits per heavy atom. The summed E-state index contributed by atoms with van der Waals surface area (Å²) >= 11 is 0. The topological polar surface area (TPSA) is 52.7 Å². The van der Waals surface area contributed by atoms with Crippen LogP contribution < -0.4 is 5.32 Å². The van der Waals surface area contributed by atoms with Crippen molar-refractivity contribution < 1.29 is 14.0 Å². The Labute approximate surface area is 154 Å². The van der Waals surface area contributed by atoms with Crippen LogP contribution in [0.2, 0.25) is 0 Å². The molecule has 2 heterocycles. The molecule has 6 heteroatoms. The van der Waals surface area contributed by atoms with Crippen LogP contribution in [0, 0.1) is 11.7 Å². The summed E-state index contributed by atoms with van der Waals surface area (Å²) in [5, 5.41) is 3.26. The fourth-order valence-electron chi connectivity index (χ4n) is 3.97. The molecule has 2 aliphatic rings. The van der Waals surface area contributed by atoms with Crippen LogP contribution in [0.25, 0.3) is 0 Å². The molecule has 142 valence electrons. The van der Waals surface area contributed by atoms with Crippen LogP contribution in [-0.2, 0) is 16.0 Å². The van der Waals surface area contributed by atoms with Crippen molar-refractivity contribution in [2.75, 3.05) is 33.2 Å². The Hall–Kier alpha value is -1.95. The van der Waals surface area contributed by atoms with E-state index in [1.54, 1.807) is 17.0 Å². The van der Waals surface area contributed by atoms with E-state index in [9.17, 15) is 14.0 Å². The molecule has 0 saturated carbocycles. The van der Waals surface area contributed by atoms with Gasteiger partial charge in [0.05, 0.1) is 12.3 Å². The second kappa shape index (κ2) is 8.62. The Kier molecular flexibility index (Phi) is 6.25. The number of halogens is 1. The lowest BCUT2D eigenvalue weighted by atomic mass is 9.94. The van der Waals surface area contributed by atoms with E-state index in [0.29, 0.717) is 19.1 Å². The molecule has 3 rings (SSSR count). The molecule has 0 spiro atoms. The standard InChI is InChI=1S/C20H28FN3O2/c1-22-18-5-3-11-24(14-18)20(26)16-4-2-10-23(13-16)19(25)12-15-6-8-17(21)9-7-15/h6-9,16,18,22H,2-5,10-14H2,1H3. The third-order valence-corrected chi connectivity index (χ3v) is 5.53. The Morgan fingerprint density at radius 1 is 1.08 bits per heavy atom. The smallest absolute Gasteiger partial charge is 0.227 e. The number of nitrogens with one attached hydrogen (secondary N) is 1. The highest BCUT2D eigenvalue weighted by atomic mass is 19.1. The minimum Gasteiger partial charge on any atom is -0.342 e. The molecule has 0 aliphatic carbocycles. The van der Waals surface area contributed by atoms with Crippen LogP contribution in [0.15, 0.2) is 24.3 Å². The lowest BCUT2D eigenvalue weighted by Crippen LogP contribution is -2.52. The van der Waals surface area contributed by atoms with Crippen molar-refractivity contribution in [1.29, 1.82) is 0 Å². The maximum atomic E-state index is 13.0. The zero-order chi connectivity index (χ0) is 18.5. The van der Waals surface area contributed by atoms with Gasteiger partial charge in [-0.3, -0.25) is 9.59 Å². The molecule has 0 aromatic heterocycles. The predicted octanol–water partition coefficient (Wildman–Crippen LogP) is 1.82. The number of likely N-dealkylation sites (N-methyl/N-ethyl adjacent to an activating group) is 1. The molecule has 2 atom stereocenters. The van der Waals surface area contributed by atoms with Gasteiger partial charge in [-0.15, -0.1) is 0 Å². The largest absolute Gasteiger partial charge is 0.342 e. The number of hydrogen-bond donors (Lipinski definition) is 1. The number of rotatable bonds is 4. The Balaban J connectivity index is 1.57. The number of carbonyl (C=O) groups is 2. The van der Waals surface area contributed by atoms with Crippen molar-refractivity contribution in [2.45, 2.75) is 38.1 Å². The molecule has 0 bridgehead atoms. The van der Waals surface area contributed by atoms with Crippen LogP contribution in [0.3, 0.4) is 0 Å². The van der Waals surface area contributed by atoms with Crippen LogP contribution in [-0.4, -0.2) is 60.9 Å². The molecular formula is C20H28FN3O2. The molecular weight excluding hydrogens is 333 g/mol. The van der Waals surface area contributed by atoms with E-state index in [1.807, 2.05) is 11.9 Å². The summed E-state index contributed by atoms with van der Waals surface area (Å²) in [5.41, 5.74) is 0.803. The third kappa shape index (κ3) is 4.61. The number of carbonyl (C=O) groups excluding carboxylic acids is 2. The van der Waals surface area contributed by atoms with Crippen LogP contribution in [0.5, 0.6) is 0 Å². The number of likely N-dealkylation sites (tertiary alicyclic amines) is 2. The van der Waals surface area contributed by atoms with Gasteiger partial charge in [-0.05, 0) is 50.4 Å². The maximum Gasteiger partial charge on any atom is 0.227 e. The van der Waals surface area contributed by atoms with Crippen molar-refractivity contribution in [2.24, 2.45) is 5.92 Å². The van der Waals surface area contributed by atoms with Gasteiger partial charge in [0.2, 0.25) is 11.8 Å². The van der Waals surface area contributed by atoms with Gasteiger partial charge in [0, 0.05) is 32.2 Å². The zero-order valence-corrected chi connectivity index (χ0v) is 15.4. The normalized spacial score (nSPS) is 23.8. The molecule has 2 amide bonds. The lowest BCUT2D eigenvalue weighted by molar-refractivity contribution is -0.141. The van der Waals surface area contributed by atoms with E-state index >= 15 is 0 Å². The fraction of sp³-hybridized carbons (Fsp3) is 0.600. The number of piperidine rings is 2. The summed E-state index contributed by atoms with van der Waals surface area (Å²) in [6.45, 7) is 2.77. The van der Waals surface area contributed by atoms with Gasteiger partial charge in [0.25, 0.3) is 0 Å². The minimum absolute atomic E-state index is 0.0147. The highest BCUT2D eigenvalue weighted by Gasteiger charge is 2.33. The molecule has 0 radical (unpaired) electrons. The van der Waals surface area contributed by atoms with Crippen molar-refractivity contribution in [3.8, 4) is 0 Å². The number of nitrogens with zero attached hydrogens (tertiary/aromatic N) is 2. The van der Waals surface area contributed by atoms with E-state index in [2.05, 4.69) is 5.32 Å². The summed E-state index contributed by atoms with van der Waals surface area (Å²) < 4.78 is 13.0. The van der Waals surface area contributed by atoms with Crippen molar-refractivity contribution in [3.05, 3.63) is 35.6 Å². The third-order valence-electron chi connectivity index (χ3n) is 5.53. The first-order valence-electron chi connectivity index (χ1n) is 9.55. The van der Waals surface area contributed by atoms with E-state index in [1.165, 1.54) is 12.1 Å². The quantitative estimate of drug-likeness (QED) is 0.890. The van der Waals surface area contributed by atoms with Gasteiger partial charge in [0.1, 0.15) is 5.82 Å². The second-order valence-electron chi connectivity index (χ2n) is 7.39. The molecule has 1 aromatic rings. The summed E-state index contributed by atoms with van der Waals surface area (Å²) in [6, 6.07) is 6.41. The van der Waals surface area contributed by atoms with Crippen molar-refractivity contribution in [3.63, 3.8) is 0 Å². The monoisotopic (exact) mass is 361 g/mol. The van der Waals surface area contributed by atoms with E-state index in [4.69, 9.17) is 0 Å². The average molecular weight is 361 g/mol. The van der Waals surface area contributed by atoms with Gasteiger partial charge in [0.15, 0.2) is 0 Å². The second-order valence-corrected chi connectivity index (χ2v) is 7.39. The van der Waals surface area contributed by atoms with Crippen molar-refractivity contribution in [1.82, 2.24) is 15.1 Å². The summed E-state index contributed by atoms with van der Waals surface area (Å²) in [6.07, 6.45) is 4.09. The molecule has 1 N–H and O–H groups in total. The van der Waals surface area contributed by atoms with E-state index in [-0.39, 0.29) is 30.0 Å². The Morgan fingerprint density at radius 3 is 2.50 bits per heavy atom. The highest BCUT2D eigenvalue weighted by molar-refractivity contribution is 5.82. The first-order chi connectivity index (χ1) is 12.6. The van der Waals surface area contributed by atoms with Gasteiger partial charge in [-0.1, -0.05) is 12.1 Å².